The van der Waals surface area contributed by atoms with Gasteiger partial charge in [0.25, 0.3) is 0 Å². The summed E-state index contributed by atoms with van der Waals surface area (Å²) in [7, 11) is -1.77. The maximum Gasteiger partial charge on any atom is 0.115 e. The third-order valence-electron chi connectivity index (χ3n) is 4.57. The highest BCUT2D eigenvalue weighted by atomic mass is 32.3. The summed E-state index contributed by atoms with van der Waals surface area (Å²) in [6.45, 7) is 0. The first-order chi connectivity index (χ1) is 13.2. The average molecular weight is 372 g/mol. The SMILES string of the molecule is Oc1ccc(S(c2ccccc2)(c2ccccc2)c2ccc(O)cc2)cc1. The molecule has 0 fully saturated rings. The Hall–Kier alpha value is -3.17. The van der Waals surface area contributed by atoms with Crippen molar-refractivity contribution in [3.63, 3.8) is 0 Å². The van der Waals surface area contributed by atoms with Crippen molar-refractivity contribution < 1.29 is 10.2 Å². The lowest BCUT2D eigenvalue weighted by atomic mass is 10.3. The fourth-order valence-corrected chi connectivity index (χ4v) is 7.22. The number of hydrogen-bond donors (Lipinski definition) is 2. The molecule has 4 aromatic rings. The quantitative estimate of drug-likeness (QED) is 0.433. The molecule has 0 saturated carbocycles. The van der Waals surface area contributed by atoms with Gasteiger partial charge in [-0.05, 0) is 72.8 Å². The van der Waals surface area contributed by atoms with E-state index in [1.807, 2.05) is 36.4 Å². The van der Waals surface area contributed by atoms with Crippen molar-refractivity contribution in [3.05, 3.63) is 109 Å². The van der Waals surface area contributed by atoms with Crippen LogP contribution in [0.25, 0.3) is 0 Å². The van der Waals surface area contributed by atoms with Crippen LogP contribution in [0.2, 0.25) is 0 Å². The van der Waals surface area contributed by atoms with Gasteiger partial charge in [0.2, 0.25) is 0 Å². The molecule has 27 heavy (non-hydrogen) atoms. The van der Waals surface area contributed by atoms with Crippen molar-refractivity contribution in [1.29, 1.82) is 0 Å². The zero-order chi connectivity index (χ0) is 18.7. The smallest absolute Gasteiger partial charge is 0.115 e. The third kappa shape index (κ3) is 3.07. The molecule has 0 radical (unpaired) electrons. The Bertz CT molecular complexity index is 924. The number of aromatic hydroxyl groups is 2. The monoisotopic (exact) mass is 372 g/mol. The average Bonchev–Trinajstić information content (AvgIpc) is 2.73. The van der Waals surface area contributed by atoms with E-state index in [2.05, 4.69) is 48.5 Å². The minimum Gasteiger partial charge on any atom is -0.508 e. The predicted octanol–water partition coefficient (Wildman–Crippen LogP) is 6.44. The largest absolute Gasteiger partial charge is 0.508 e. The molecule has 2 N–H and O–H groups in total. The van der Waals surface area contributed by atoms with Gasteiger partial charge in [0.1, 0.15) is 11.5 Å². The van der Waals surface area contributed by atoms with E-state index in [0.29, 0.717) is 0 Å². The molecule has 0 aliphatic heterocycles. The minimum atomic E-state index is -1.77. The Labute approximate surface area is 160 Å². The first-order valence-corrected chi connectivity index (χ1v) is 10.4. The Morgan fingerprint density at radius 1 is 0.370 bits per heavy atom. The van der Waals surface area contributed by atoms with Gasteiger partial charge in [0.05, 0.1) is 0 Å². The lowest BCUT2D eigenvalue weighted by Crippen LogP contribution is -2.04. The van der Waals surface area contributed by atoms with Gasteiger partial charge in [0.15, 0.2) is 0 Å². The van der Waals surface area contributed by atoms with E-state index in [-0.39, 0.29) is 11.5 Å². The van der Waals surface area contributed by atoms with Crippen molar-refractivity contribution >= 4 is 10.0 Å². The van der Waals surface area contributed by atoms with Crippen LogP contribution in [0.15, 0.2) is 129 Å². The fraction of sp³-hybridized carbons (Fsp3) is 0. The van der Waals surface area contributed by atoms with Crippen molar-refractivity contribution in [1.82, 2.24) is 0 Å². The summed E-state index contributed by atoms with van der Waals surface area (Å²) in [4.78, 5) is 4.66. The molecule has 0 aliphatic rings. The van der Waals surface area contributed by atoms with Gasteiger partial charge < -0.3 is 10.2 Å². The molecule has 0 aromatic heterocycles. The Balaban J connectivity index is 2.11. The Morgan fingerprint density at radius 3 is 1.00 bits per heavy atom. The molecule has 134 valence electrons. The van der Waals surface area contributed by atoms with Crippen LogP contribution in [-0.2, 0) is 0 Å². The molecule has 0 aliphatic carbocycles. The van der Waals surface area contributed by atoms with E-state index in [4.69, 9.17) is 0 Å². The molecule has 3 heteroatoms. The van der Waals surface area contributed by atoms with Crippen LogP contribution in [0.4, 0.5) is 0 Å². The van der Waals surface area contributed by atoms with Crippen molar-refractivity contribution in [3.8, 4) is 11.5 Å². The van der Waals surface area contributed by atoms with E-state index >= 15 is 0 Å². The molecule has 0 atom stereocenters. The summed E-state index contributed by atoms with van der Waals surface area (Å²) in [5.41, 5.74) is 0. The highest BCUT2D eigenvalue weighted by Gasteiger charge is 2.33. The Morgan fingerprint density at radius 2 is 0.667 bits per heavy atom. The van der Waals surface area contributed by atoms with Crippen LogP contribution in [0.1, 0.15) is 0 Å². The highest BCUT2D eigenvalue weighted by molar-refractivity contribution is 8.34. The van der Waals surface area contributed by atoms with Crippen LogP contribution in [0, 0.1) is 0 Å². The van der Waals surface area contributed by atoms with Crippen LogP contribution >= 0.6 is 10.0 Å². The Kier molecular flexibility index (Phi) is 4.61. The molecule has 0 spiro atoms. The van der Waals surface area contributed by atoms with E-state index in [0.717, 1.165) is 9.79 Å². The second-order valence-electron chi connectivity index (χ2n) is 6.23. The molecule has 0 amide bonds. The van der Waals surface area contributed by atoms with Gasteiger partial charge in [-0.1, -0.05) is 36.4 Å². The second kappa shape index (κ2) is 7.22. The van der Waals surface area contributed by atoms with Gasteiger partial charge in [0, 0.05) is 19.6 Å². The summed E-state index contributed by atoms with van der Waals surface area (Å²) in [5, 5.41) is 19.7. The maximum absolute atomic E-state index is 9.85. The molecule has 4 rings (SSSR count). The molecule has 0 heterocycles. The van der Waals surface area contributed by atoms with Gasteiger partial charge >= 0.3 is 0 Å². The normalized spacial score (nSPS) is 11.9. The molecule has 0 bridgehead atoms. The minimum absolute atomic E-state index is 0.249. The first-order valence-electron chi connectivity index (χ1n) is 8.73. The maximum atomic E-state index is 9.85. The fourth-order valence-electron chi connectivity index (χ4n) is 3.37. The van der Waals surface area contributed by atoms with Crippen LogP contribution < -0.4 is 0 Å². The van der Waals surface area contributed by atoms with Crippen LogP contribution in [0.3, 0.4) is 0 Å². The van der Waals surface area contributed by atoms with E-state index in [1.54, 1.807) is 24.3 Å². The second-order valence-corrected chi connectivity index (χ2v) is 9.34. The summed E-state index contributed by atoms with van der Waals surface area (Å²) in [6.07, 6.45) is 0. The number of phenols is 2. The lowest BCUT2D eigenvalue weighted by Gasteiger charge is -2.42. The number of rotatable bonds is 4. The van der Waals surface area contributed by atoms with Gasteiger partial charge in [-0.15, -0.1) is 10.0 Å². The number of benzene rings is 4. The third-order valence-corrected chi connectivity index (χ3v) is 8.49. The number of phenolic OH excluding ortho intramolecular Hbond substituents is 2. The molecule has 4 aromatic carbocycles. The van der Waals surface area contributed by atoms with E-state index in [1.165, 1.54) is 9.79 Å². The molecule has 0 saturated heterocycles. The summed E-state index contributed by atoms with van der Waals surface area (Å²) >= 11 is 0. The van der Waals surface area contributed by atoms with Crippen molar-refractivity contribution in [2.45, 2.75) is 19.6 Å². The standard InChI is InChI=1S/C24H20O2S/c25-19-11-15-23(16-12-19)27(21-7-3-1-4-8-21,22-9-5-2-6-10-22)24-17-13-20(26)14-18-24/h1-18,25-26H. The summed E-state index contributed by atoms with van der Waals surface area (Å²) < 4.78 is 0. The highest BCUT2D eigenvalue weighted by Crippen LogP contribution is 2.73. The van der Waals surface area contributed by atoms with Gasteiger partial charge in [-0.25, -0.2) is 0 Å². The van der Waals surface area contributed by atoms with E-state index < -0.39 is 10.0 Å². The van der Waals surface area contributed by atoms with Crippen molar-refractivity contribution in [2.24, 2.45) is 0 Å². The molecule has 0 unspecified atom stereocenters. The summed E-state index contributed by atoms with van der Waals surface area (Å²) in [5.74, 6) is 0.498. The van der Waals surface area contributed by atoms with Gasteiger partial charge in [-0.3, -0.25) is 0 Å². The summed E-state index contributed by atoms with van der Waals surface area (Å²) in [6, 6.07) is 35.8. The topological polar surface area (TPSA) is 40.5 Å². The molecular weight excluding hydrogens is 352 g/mol. The first kappa shape index (κ1) is 17.3. The number of hydrogen-bond acceptors (Lipinski definition) is 2. The zero-order valence-corrected chi connectivity index (χ0v) is 15.5. The molecular formula is C24H20O2S. The van der Waals surface area contributed by atoms with Gasteiger partial charge in [-0.2, -0.15) is 0 Å². The lowest BCUT2D eigenvalue weighted by molar-refractivity contribution is 0.474. The van der Waals surface area contributed by atoms with E-state index in [9.17, 15) is 10.2 Å². The zero-order valence-electron chi connectivity index (χ0n) is 14.7. The van der Waals surface area contributed by atoms with Crippen molar-refractivity contribution in [2.75, 3.05) is 0 Å². The predicted molar refractivity (Wildman–Crippen MR) is 110 cm³/mol. The molecule has 2 nitrogen and oxygen atoms in total. The van der Waals surface area contributed by atoms with Crippen LogP contribution in [-0.4, -0.2) is 10.2 Å². The van der Waals surface area contributed by atoms with Crippen LogP contribution in [0.5, 0.6) is 11.5 Å².